The van der Waals surface area contributed by atoms with Crippen molar-refractivity contribution in [2.75, 3.05) is 5.73 Å². The molecule has 0 aliphatic heterocycles. The highest BCUT2D eigenvalue weighted by Crippen LogP contribution is 2.40. The number of nitrogen functional groups attached to an aromatic ring is 1. The van der Waals surface area contributed by atoms with Crippen LogP contribution in [0.3, 0.4) is 0 Å². The van der Waals surface area contributed by atoms with E-state index in [0.717, 1.165) is 15.6 Å². The lowest BCUT2D eigenvalue weighted by molar-refractivity contribution is 0.439. The summed E-state index contributed by atoms with van der Waals surface area (Å²) in [5, 5.41) is 4.60. The van der Waals surface area contributed by atoms with Gasteiger partial charge in [0.2, 0.25) is 5.88 Å². The smallest absolute Gasteiger partial charge is 0.230 e. The maximum atomic E-state index is 6.31. The van der Waals surface area contributed by atoms with Crippen molar-refractivity contribution in [1.29, 1.82) is 0 Å². The van der Waals surface area contributed by atoms with E-state index >= 15 is 0 Å². The minimum atomic E-state index is 0.252. The lowest BCUT2D eigenvalue weighted by Gasteiger charge is -2.05. The van der Waals surface area contributed by atoms with E-state index in [-0.39, 0.29) is 5.88 Å². The highest BCUT2D eigenvalue weighted by molar-refractivity contribution is 9.10. The average Bonchev–Trinajstić information content (AvgIpc) is 2.84. The lowest BCUT2D eigenvalue weighted by Crippen LogP contribution is -1.89. The molecule has 20 heavy (non-hydrogen) atoms. The number of halogens is 2. The largest absolute Gasteiger partial charge is 0.367 e. The molecule has 0 saturated carbocycles. The fourth-order valence-electron chi connectivity index (χ4n) is 1.97. The zero-order chi connectivity index (χ0) is 14.1. The van der Waals surface area contributed by atoms with Gasteiger partial charge in [-0.1, -0.05) is 28.9 Å². The third kappa shape index (κ3) is 2.19. The maximum Gasteiger partial charge on any atom is 0.230 e. The highest BCUT2D eigenvalue weighted by atomic mass is 79.9. The van der Waals surface area contributed by atoms with Crippen molar-refractivity contribution < 1.29 is 4.52 Å². The van der Waals surface area contributed by atoms with Gasteiger partial charge in [-0.15, -0.1) is 0 Å². The van der Waals surface area contributed by atoms with Gasteiger partial charge in [0.25, 0.3) is 0 Å². The fourth-order valence-corrected chi connectivity index (χ4v) is 2.55. The molecule has 2 heterocycles. The molecule has 0 bridgehead atoms. The highest BCUT2D eigenvalue weighted by Gasteiger charge is 2.20. The van der Waals surface area contributed by atoms with Crippen LogP contribution in [0.25, 0.3) is 22.4 Å². The second-order valence-electron chi connectivity index (χ2n) is 4.11. The first-order chi connectivity index (χ1) is 9.68. The number of benzene rings is 1. The molecular formula is C14H9BrClN3O. The van der Waals surface area contributed by atoms with Gasteiger partial charge in [-0.2, -0.15) is 0 Å². The van der Waals surface area contributed by atoms with Crippen molar-refractivity contribution in [3.63, 3.8) is 0 Å². The molecule has 0 unspecified atom stereocenters. The summed E-state index contributed by atoms with van der Waals surface area (Å²) < 4.78 is 5.92. The molecule has 0 spiro atoms. The van der Waals surface area contributed by atoms with Crippen LogP contribution in [0.15, 0.2) is 51.7 Å². The van der Waals surface area contributed by atoms with Crippen LogP contribution in [0.1, 0.15) is 0 Å². The molecule has 0 radical (unpaired) electrons. The monoisotopic (exact) mass is 349 g/mol. The van der Waals surface area contributed by atoms with Crippen LogP contribution in [0.4, 0.5) is 5.88 Å². The molecule has 0 amide bonds. The number of hydrogen-bond donors (Lipinski definition) is 1. The van der Waals surface area contributed by atoms with Gasteiger partial charge in [-0.3, -0.25) is 4.98 Å². The molecule has 0 saturated heterocycles. The Kier molecular flexibility index (Phi) is 3.46. The molecule has 2 N–H and O–H groups in total. The second-order valence-corrected chi connectivity index (χ2v) is 5.34. The number of pyridine rings is 1. The van der Waals surface area contributed by atoms with Gasteiger partial charge in [-0.05, 0) is 39.7 Å². The second kappa shape index (κ2) is 5.26. The lowest BCUT2D eigenvalue weighted by atomic mass is 10.0. The first kappa shape index (κ1) is 13.1. The van der Waals surface area contributed by atoms with E-state index in [1.54, 1.807) is 12.4 Å². The van der Waals surface area contributed by atoms with Gasteiger partial charge in [0.15, 0.2) is 0 Å². The molecule has 0 aliphatic carbocycles. The zero-order valence-electron chi connectivity index (χ0n) is 10.2. The minimum absolute atomic E-state index is 0.252. The quantitative estimate of drug-likeness (QED) is 0.744. The predicted octanol–water partition coefficient (Wildman–Crippen LogP) is 4.40. The molecule has 0 atom stereocenters. The SMILES string of the molecule is Nc1onc(-c2cccc(Br)c2Cl)c1-c1ccncc1. The Morgan fingerprint density at radius 1 is 1.15 bits per heavy atom. The van der Waals surface area contributed by atoms with E-state index in [0.29, 0.717) is 16.3 Å². The van der Waals surface area contributed by atoms with Crippen LogP contribution in [0, 0.1) is 0 Å². The molecule has 6 heteroatoms. The topological polar surface area (TPSA) is 64.9 Å². The summed E-state index contributed by atoms with van der Waals surface area (Å²) in [6.07, 6.45) is 3.38. The number of rotatable bonds is 2. The maximum absolute atomic E-state index is 6.31. The molecule has 0 fully saturated rings. The van der Waals surface area contributed by atoms with E-state index in [4.69, 9.17) is 21.9 Å². The fraction of sp³-hybridized carbons (Fsp3) is 0. The number of anilines is 1. The summed E-state index contributed by atoms with van der Waals surface area (Å²) in [7, 11) is 0. The molecule has 4 nitrogen and oxygen atoms in total. The Morgan fingerprint density at radius 3 is 2.65 bits per heavy atom. The van der Waals surface area contributed by atoms with Crippen molar-refractivity contribution in [3.05, 3.63) is 52.2 Å². The number of hydrogen-bond acceptors (Lipinski definition) is 4. The van der Waals surface area contributed by atoms with E-state index in [9.17, 15) is 0 Å². The molecule has 100 valence electrons. The van der Waals surface area contributed by atoms with Crippen molar-refractivity contribution in [1.82, 2.24) is 10.1 Å². The Morgan fingerprint density at radius 2 is 1.90 bits per heavy atom. The first-order valence-corrected chi connectivity index (χ1v) is 6.95. The summed E-state index contributed by atoms with van der Waals surface area (Å²) in [6.45, 7) is 0. The van der Waals surface area contributed by atoms with Gasteiger partial charge < -0.3 is 10.3 Å². The van der Waals surface area contributed by atoms with Crippen molar-refractivity contribution >= 4 is 33.4 Å². The van der Waals surface area contributed by atoms with Crippen molar-refractivity contribution in [3.8, 4) is 22.4 Å². The Bertz CT molecular complexity index is 758. The van der Waals surface area contributed by atoms with Crippen LogP contribution in [-0.2, 0) is 0 Å². The van der Waals surface area contributed by atoms with Gasteiger partial charge in [0.1, 0.15) is 5.69 Å². The van der Waals surface area contributed by atoms with Gasteiger partial charge in [0, 0.05) is 22.4 Å². The molecule has 3 rings (SSSR count). The summed E-state index contributed by atoms with van der Waals surface area (Å²) >= 11 is 9.71. The van der Waals surface area contributed by atoms with E-state index in [1.807, 2.05) is 30.3 Å². The van der Waals surface area contributed by atoms with Crippen LogP contribution in [-0.4, -0.2) is 10.1 Å². The third-order valence-electron chi connectivity index (χ3n) is 2.89. The van der Waals surface area contributed by atoms with Crippen molar-refractivity contribution in [2.45, 2.75) is 0 Å². The van der Waals surface area contributed by atoms with Crippen LogP contribution < -0.4 is 5.73 Å². The first-order valence-electron chi connectivity index (χ1n) is 5.78. The van der Waals surface area contributed by atoms with Gasteiger partial charge in [0.05, 0.1) is 10.6 Å². The van der Waals surface area contributed by atoms with Gasteiger partial charge >= 0.3 is 0 Å². The minimum Gasteiger partial charge on any atom is -0.367 e. The Hall–Kier alpha value is -1.85. The predicted molar refractivity (Wildman–Crippen MR) is 82.3 cm³/mol. The molecule has 0 aliphatic rings. The summed E-state index contributed by atoms with van der Waals surface area (Å²) in [5.41, 5.74) is 8.86. The van der Waals surface area contributed by atoms with E-state index in [2.05, 4.69) is 26.1 Å². The normalized spacial score (nSPS) is 10.7. The number of nitrogens with two attached hydrogens (primary N) is 1. The number of aromatic nitrogens is 2. The molecule has 3 aromatic rings. The zero-order valence-corrected chi connectivity index (χ0v) is 12.5. The Balaban J connectivity index is 2.24. The van der Waals surface area contributed by atoms with Crippen LogP contribution >= 0.6 is 27.5 Å². The van der Waals surface area contributed by atoms with Gasteiger partial charge in [-0.25, -0.2) is 0 Å². The van der Waals surface area contributed by atoms with Crippen LogP contribution in [0.5, 0.6) is 0 Å². The Labute approximate surface area is 128 Å². The summed E-state index contributed by atoms with van der Waals surface area (Å²) in [4.78, 5) is 3.99. The standard InChI is InChI=1S/C14H9BrClN3O/c15-10-3-1-2-9(12(10)16)13-11(14(17)20-19-13)8-4-6-18-7-5-8/h1-7H,17H2. The van der Waals surface area contributed by atoms with E-state index < -0.39 is 0 Å². The third-order valence-corrected chi connectivity index (χ3v) is 4.19. The van der Waals surface area contributed by atoms with Crippen molar-refractivity contribution in [2.24, 2.45) is 0 Å². The summed E-state index contributed by atoms with van der Waals surface area (Å²) in [6, 6.07) is 9.31. The summed E-state index contributed by atoms with van der Waals surface area (Å²) in [5.74, 6) is 0.252. The average molecular weight is 351 g/mol. The molecule has 1 aromatic carbocycles. The molecule has 2 aromatic heterocycles. The van der Waals surface area contributed by atoms with Crippen LogP contribution in [0.2, 0.25) is 5.02 Å². The molecular weight excluding hydrogens is 342 g/mol. The van der Waals surface area contributed by atoms with E-state index in [1.165, 1.54) is 0 Å². The number of nitrogens with zero attached hydrogens (tertiary/aromatic N) is 2.